The Morgan fingerprint density at radius 3 is 2.10 bits per heavy atom. The molecule has 0 unspecified atom stereocenters. The molecule has 0 aliphatic carbocycles. The lowest BCUT2D eigenvalue weighted by Gasteiger charge is -2.27. The minimum absolute atomic E-state index is 0.536. The summed E-state index contributed by atoms with van der Waals surface area (Å²) < 4.78 is 2.27. The first-order chi connectivity index (χ1) is 25.6. The second kappa shape index (κ2) is 14.6. The standard InChI is InChI=1S/C47H33N5/c1-3-14-34(17-13-28-52-45-25-11-9-22-41(45)43-29-33(30-48)26-27-46(43)52)37-18-6-7-20-39(37)42-23-12-16-36(32-50)47(42)51(2)44-24-10-8-21-40(44)38-19-5-4-15-35(38)31-49/h3-27,29H,1,28H2,2H3/b17-13-,34-14+. The van der Waals surface area contributed by atoms with Crippen molar-refractivity contribution >= 4 is 38.8 Å². The van der Waals surface area contributed by atoms with Gasteiger partial charge in [0.25, 0.3) is 0 Å². The average molecular weight is 668 g/mol. The number of para-hydroxylation sites is 3. The van der Waals surface area contributed by atoms with E-state index in [1.807, 2.05) is 116 Å². The molecular weight excluding hydrogens is 635 g/mol. The molecule has 1 heterocycles. The first-order valence-corrected chi connectivity index (χ1v) is 16.9. The third-order valence-corrected chi connectivity index (χ3v) is 9.41. The van der Waals surface area contributed by atoms with Crippen molar-refractivity contribution in [2.24, 2.45) is 0 Å². The number of allylic oxidation sites excluding steroid dienone is 5. The van der Waals surface area contributed by atoms with Crippen molar-refractivity contribution in [3.05, 3.63) is 187 Å². The summed E-state index contributed by atoms with van der Waals surface area (Å²) in [5, 5.41) is 32.1. The molecule has 0 radical (unpaired) electrons. The Kier molecular flexibility index (Phi) is 9.31. The molecule has 7 rings (SSSR count). The largest absolute Gasteiger partial charge is 0.343 e. The number of nitriles is 3. The molecule has 0 spiro atoms. The van der Waals surface area contributed by atoms with Gasteiger partial charge in [-0.3, -0.25) is 0 Å². The molecule has 0 amide bonds. The molecule has 52 heavy (non-hydrogen) atoms. The van der Waals surface area contributed by atoms with Crippen LogP contribution in [0.2, 0.25) is 0 Å². The first kappa shape index (κ1) is 33.1. The number of benzene rings is 6. The Bertz CT molecular complexity index is 2690. The fraction of sp³-hybridized carbons (Fsp3) is 0.0426. The quantitative estimate of drug-likeness (QED) is 0.144. The second-order valence-corrected chi connectivity index (χ2v) is 12.3. The van der Waals surface area contributed by atoms with Crippen LogP contribution in [0.3, 0.4) is 0 Å². The van der Waals surface area contributed by atoms with E-state index in [1.165, 1.54) is 0 Å². The van der Waals surface area contributed by atoms with Gasteiger partial charge in [0.15, 0.2) is 0 Å². The average Bonchev–Trinajstić information content (AvgIpc) is 3.52. The van der Waals surface area contributed by atoms with Gasteiger partial charge in [0, 0.05) is 57.8 Å². The summed E-state index contributed by atoms with van der Waals surface area (Å²) in [6.07, 6.45) is 8.07. The normalized spacial score (nSPS) is 11.3. The van der Waals surface area contributed by atoms with E-state index in [0.717, 1.165) is 66.6 Å². The lowest BCUT2D eigenvalue weighted by Crippen LogP contribution is -2.14. The topological polar surface area (TPSA) is 79.5 Å². The number of hydrogen-bond acceptors (Lipinski definition) is 4. The van der Waals surface area contributed by atoms with Gasteiger partial charge in [-0.05, 0) is 59.2 Å². The highest BCUT2D eigenvalue weighted by atomic mass is 15.1. The van der Waals surface area contributed by atoms with Gasteiger partial charge in [0.1, 0.15) is 6.07 Å². The van der Waals surface area contributed by atoms with Crippen LogP contribution in [0.5, 0.6) is 0 Å². The molecule has 0 fully saturated rings. The number of nitrogens with zero attached hydrogens (tertiary/aromatic N) is 5. The molecule has 5 heteroatoms. The Balaban J connectivity index is 1.32. The van der Waals surface area contributed by atoms with Crippen LogP contribution in [0.4, 0.5) is 11.4 Å². The Morgan fingerprint density at radius 1 is 0.654 bits per heavy atom. The summed E-state index contributed by atoms with van der Waals surface area (Å²) in [5.74, 6) is 0. The molecule has 0 bridgehead atoms. The van der Waals surface area contributed by atoms with E-state index in [0.29, 0.717) is 23.2 Å². The van der Waals surface area contributed by atoms with Crippen molar-refractivity contribution in [1.29, 1.82) is 15.8 Å². The zero-order valence-electron chi connectivity index (χ0n) is 28.7. The molecule has 0 aliphatic rings. The minimum Gasteiger partial charge on any atom is -0.343 e. The number of hydrogen-bond donors (Lipinski definition) is 0. The highest BCUT2D eigenvalue weighted by molar-refractivity contribution is 6.08. The summed E-state index contributed by atoms with van der Waals surface area (Å²) in [6, 6.07) is 50.8. The van der Waals surface area contributed by atoms with Crippen LogP contribution in [-0.4, -0.2) is 11.6 Å². The van der Waals surface area contributed by atoms with Gasteiger partial charge in [-0.2, -0.15) is 15.8 Å². The maximum Gasteiger partial charge on any atom is 0.101 e. The fourth-order valence-corrected chi connectivity index (χ4v) is 7.08. The van der Waals surface area contributed by atoms with Crippen molar-refractivity contribution in [3.8, 4) is 40.5 Å². The number of rotatable bonds is 9. The van der Waals surface area contributed by atoms with Gasteiger partial charge >= 0.3 is 0 Å². The van der Waals surface area contributed by atoms with Crippen LogP contribution in [-0.2, 0) is 6.54 Å². The van der Waals surface area contributed by atoms with E-state index >= 15 is 0 Å². The highest BCUT2D eigenvalue weighted by Crippen LogP contribution is 2.43. The maximum absolute atomic E-state index is 10.4. The van der Waals surface area contributed by atoms with Gasteiger partial charge in [0.05, 0.1) is 34.5 Å². The van der Waals surface area contributed by atoms with Crippen molar-refractivity contribution in [1.82, 2.24) is 4.57 Å². The van der Waals surface area contributed by atoms with Gasteiger partial charge in [-0.25, -0.2) is 0 Å². The Hall–Kier alpha value is -7.39. The van der Waals surface area contributed by atoms with Gasteiger partial charge in [0.2, 0.25) is 0 Å². The molecule has 7 aromatic rings. The molecule has 246 valence electrons. The van der Waals surface area contributed by atoms with E-state index in [1.54, 1.807) is 6.08 Å². The van der Waals surface area contributed by atoms with Crippen molar-refractivity contribution in [3.63, 3.8) is 0 Å². The van der Waals surface area contributed by atoms with E-state index in [9.17, 15) is 15.8 Å². The predicted molar refractivity (Wildman–Crippen MR) is 213 cm³/mol. The Morgan fingerprint density at radius 2 is 1.31 bits per heavy atom. The molecule has 0 N–H and O–H groups in total. The van der Waals surface area contributed by atoms with Crippen LogP contribution in [0.15, 0.2) is 164 Å². The summed E-state index contributed by atoms with van der Waals surface area (Å²) in [4.78, 5) is 2.06. The smallest absolute Gasteiger partial charge is 0.101 e. The van der Waals surface area contributed by atoms with Crippen LogP contribution in [0.25, 0.3) is 49.6 Å². The van der Waals surface area contributed by atoms with Crippen LogP contribution in [0.1, 0.15) is 22.3 Å². The summed E-state index contributed by atoms with van der Waals surface area (Å²) in [7, 11) is 1.97. The number of fused-ring (bicyclic) bond motifs is 3. The number of anilines is 2. The van der Waals surface area contributed by atoms with Gasteiger partial charge in [-0.1, -0.05) is 122 Å². The third-order valence-electron chi connectivity index (χ3n) is 9.41. The summed E-state index contributed by atoms with van der Waals surface area (Å²) in [5.41, 5.74) is 11.1. The van der Waals surface area contributed by atoms with Crippen LogP contribution < -0.4 is 4.90 Å². The molecule has 0 atom stereocenters. The van der Waals surface area contributed by atoms with Gasteiger partial charge < -0.3 is 9.47 Å². The third kappa shape index (κ3) is 6.03. The van der Waals surface area contributed by atoms with Gasteiger partial charge in [-0.15, -0.1) is 0 Å². The SMILES string of the molecule is C=C/C=C(\C=C/Cn1c2ccccc2c2cc(C#N)ccc21)c1ccccc1-c1cccc(C#N)c1N(C)c1ccccc1-c1ccccc1C#N. The minimum atomic E-state index is 0.536. The van der Waals surface area contributed by atoms with E-state index < -0.39 is 0 Å². The van der Waals surface area contributed by atoms with Crippen molar-refractivity contribution in [2.75, 3.05) is 11.9 Å². The lowest BCUT2D eigenvalue weighted by molar-refractivity contribution is 0.899. The van der Waals surface area contributed by atoms with E-state index in [4.69, 9.17) is 0 Å². The predicted octanol–water partition coefficient (Wildman–Crippen LogP) is 11.3. The zero-order chi connectivity index (χ0) is 36.0. The number of aromatic nitrogens is 1. The molecule has 0 aliphatic heterocycles. The van der Waals surface area contributed by atoms with Crippen molar-refractivity contribution < 1.29 is 0 Å². The summed E-state index contributed by atoms with van der Waals surface area (Å²) in [6.45, 7) is 4.65. The maximum atomic E-state index is 10.4. The Labute approximate surface area is 303 Å². The van der Waals surface area contributed by atoms with E-state index in [-0.39, 0.29) is 0 Å². The fourth-order valence-electron chi connectivity index (χ4n) is 7.08. The lowest BCUT2D eigenvalue weighted by atomic mass is 9.91. The summed E-state index contributed by atoms with van der Waals surface area (Å²) >= 11 is 0. The van der Waals surface area contributed by atoms with Crippen LogP contribution >= 0.6 is 0 Å². The van der Waals surface area contributed by atoms with E-state index in [2.05, 4.69) is 76.7 Å². The molecular formula is C47H33N5. The zero-order valence-corrected chi connectivity index (χ0v) is 28.7. The molecule has 1 aromatic heterocycles. The monoisotopic (exact) mass is 667 g/mol. The molecule has 0 saturated carbocycles. The second-order valence-electron chi connectivity index (χ2n) is 12.3. The van der Waals surface area contributed by atoms with Crippen molar-refractivity contribution in [2.45, 2.75) is 6.54 Å². The molecule has 5 nitrogen and oxygen atoms in total. The first-order valence-electron chi connectivity index (χ1n) is 16.9. The van der Waals surface area contributed by atoms with Crippen LogP contribution in [0, 0.1) is 34.0 Å². The molecule has 0 saturated heterocycles. The molecule has 6 aromatic carbocycles. The highest BCUT2D eigenvalue weighted by Gasteiger charge is 2.21.